The molecule has 3 N–H and O–H groups in total. The Bertz CT molecular complexity index is 1820. The standard InChI is InChI=1S/C36H27BrClN3O3S/c37-30-13-7-8-14-31(30)40-36(44)33(25-9-3-1-4-10-25)45-29-21-19-28(20-22-29)39-35(43)32(23-24-15-17-27(38)18-16-24)41-34(42)26-11-5-2-6-12-26/h1-23,33H,(H,39,43)(H,40,44)(H,41,42)/b32-23-. The summed E-state index contributed by atoms with van der Waals surface area (Å²) in [4.78, 5) is 40.6. The van der Waals surface area contributed by atoms with Gasteiger partial charge in [-0.25, -0.2) is 0 Å². The maximum atomic E-state index is 13.5. The van der Waals surface area contributed by atoms with Gasteiger partial charge in [-0.2, -0.15) is 0 Å². The minimum absolute atomic E-state index is 0.0671. The van der Waals surface area contributed by atoms with E-state index in [9.17, 15) is 14.4 Å². The number of thioether (sulfide) groups is 1. The fourth-order valence-electron chi connectivity index (χ4n) is 4.28. The third kappa shape index (κ3) is 8.95. The molecule has 5 aromatic carbocycles. The largest absolute Gasteiger partial charge is 0.324 e. The van der Waals surface area contributed by atoms with Crippen LogP contribution in [0.5, 0.6) is 0 Å². The van der Waals surface area contributed by atoms with Gasteiger partial charge in [0.15, 0.2) is 0 Å². The number of benzene rings is 5. The molecule has 0 heterocycles. The molecule has 0 bridgehead atoms. The zero-order valence-electron chi connectivity index (χ0n) is 23.7. The van der Waals surface area contributed by atoms with E-state index in [1.54, 1.807) is 66.7 Å². The molecule has 5 aromatic rings. The molecular weight excluding hydrogens is 670 g/mol. The van der Waals surface area contributed by atoms with Crippen molar-refractivity contribution in [2.75, 3.05) is 10.6 Å². The Morgan fingerprint density at radius 1 is 0.711 bits per heavy atom. The van der Waals surface area contributed by atoms with Crippen molar-refractivity contribution in [3.63, 3.8) is 0 Å². The highest BCUT2D eigenvalue weighted by molar-refractivity contribution is 9.10. The number of para-hydroxylation sites is 1. The second-order valence-electron chi connectivity index (χ2n) is 9.79. The number of anilines is 2. The van der Waals surface area contributed by atoms with Crippen molar-refractivity contribution < 1.29 is 14.4 Å². The van der Waals surface area contributed by atoms with Gasteiger partial charge in [0, 0.05) is 25.6 Å². The highest BCUT2D eigenvalue weighted by Crippen LogP contribution is 2.37. The average Bonchev–Trinajstić information content (AvgIpc) is 3.06. The van der Waals surface area contributed by atoms with Crippen molar-refractivity contribution in [2.45, 2.75) is 10.1 Å². The lowest BCUT2D eigenvalue weighted by atomic mass is 10.1. The topological polar surface area (TPSA) is 87.3 Å². The molecule has 9 heteroatoms. The molecule has 0 aromatic heterocycles. The van der Waals surface area contributed by atoms with Gasteiger partial charge < -0.3 is 16.0 Å². The summed E-state index contributed by atoms with van der Waals surface area (Å²) in [6.07, 6.45) is 1.59. The van der Waals surface area contributed by atoms with Gasteiger partial charge in [0.2, 0.25) is 5.91 Å². The smallest absolute Gasteiger partial charge is 0.272 e. The number of hydrogen-bond donors (Lipinski definition) is 3. The lowest BCUT2D eigenvalue weighted by Gasteiger charge is -2.18. The monoisotopic (exact) mass is 695 g/mol. The van der Waals surface area contributed by atoms with Crippen molar-refractivity contribution in [3.05, 3.63) is 165 Å². The van der Waals surface area contributed by atoms with E-state index < -0.39 is 17.1 Å². The average molecular weight is 697 g/mol. The van der Waals surface area contributed by atoms with E-state index in [4.69, 9.17) is 11.6 Å². The lowest BCUT2D eigenvalue weighted by molar-refractivity contribution is -0.116. The molecule has 0 saturated carbocycles. The Hall–Kier alpha value is -4.63. The highest BCUT2D eigenvalue weighted by Gasteiger charge is 2.23. The predicted molar refractivity (Wildman–Crippen MR) is 186 cm³/mol. The fourth-order valence-corrected chi connectivity index (χ4v) is 5.82. The summed E-state index contributed by atoms with van der Waals surface area (Å²) in [5, 5.41) is 8.65. The van der Waals surface area contributed by atoms with Crippen molar-refractivity contribution in [1.29, 1.82) is 0 Å². The molecule has 0 saturated heterocycles. The van der Waals surface area contributed by atoms with Gasteiger partial charge in [-0.15, -0.1) is 11.8 Å². The van der Waals surface area contributed by atoms with E-state index in [2.05, 4.69) is 31.9 Å². The van der Waals surface area contributed by atoms with Crippen molar-refractivity contribution in [1.82, 2.24) is 5.32 Å². The van der Waals surface area contributed by atoms with Gasteiger partial charge in [-0.3, -0.25) is 14.4 Å². The molecular formula is C36H27BrClN3O3S. The van der Waals surface area contributed by atoms with E-state index in [0.717, 1.165) is 14.9 Å². The Kier molecular flexibility index (Phi) is 10.9. The Labute approximate surface area is 279 Å². The maximum absolute atomic E-state index is 13.5. The van der Waals surface area contributed by atoms with Gasteiger partial charge in [0.05, 0.1) is 5.69 Å². The number of hydrogen-bond acceptors (Lipinski definition) is 4. The number of rotatable bonds is 10. The first-order valence-corrected chi connectivity index (χ1v) is 15.9. The summed E-state index contributed by atoms with van der Waals surface area (Å²) in [5.41, 5.74) is 3.24. The zero-order chi connectivity index (χ0) is 31.6. The van der Waals surface area contributed by atoms with Crippen LogP contribution < -0.4 is 16.0 Å². The first-order valence-electron chi connectivity index (χ1n) is 13.9. The molecule has 0 aliphatic heterocycles. The third-order valence-corrected chi connectivity index (χ3v) is 8.76. The molecule has 1 unspecified atom stereocenters. The van der Waals surface area contributed by atoms with Gasteiger partial charge >= 0.3 is 0 Å². The molecule has 3 amide bonds. The molecule has 224 valence electrons. The van der Waals surface area contributed by atoms with Crippen LogP contribution in [0.1, 0.15) is 26.7 Å². The molecule has 6 nitrogen and oxygen atoms in total. The molecule has 1 atom stereocenters. The van der Waals surface area contributed by atoms with Gasteiger partial charge in [0.25, 0.3) is 11.8 Å². The van der Waals surface area contributed by atoms with Gasteiger partial charge in [-0.05, 0) is 93.8 Å². The van der Waals surface area contributed by atoms with E-state index in [-0.39, 0.29) is 11.6 Å². The second kappa shape index (κ2) is 15.4. The minimum Gasteiger partial charge on any atom is -0.324 e. The minimum atomic E-state index is -0.527. The highest BCUT2D eigenvalue weighted by atomic mass is 79.9. The molecule has 0 fully saturated rings. The zero-order valence-corrected chi connectivity index (χ0v) is 26.9. The Morgan fingerprint density at radius 2 is 1.33 bits per heavy atom. The SMILES string of the molecule is O=C(Nc1ccc(SC(C(=O)Nc2ccccc2Br)c2ccccc2)cc1)/C(=C/c1ccc(Cl)cc1)NC(=O)c1ccccc1. The number of halogens is 2. The van der Waals surface area contributed by atoms with Gasteiger partial charge in [-0.1, -0.05) is 84.4 Å². The Balaban J connectivity index is 1.32. The van der Waals surface area contributed by atoms with E-state index >= 15 is 0 Å². The van der Waals surface area contributed by atoms with Crippen LogP contribution in [0, 0.1) is 0 Å². The summed E-state index contributed by atoms with van der Waals surface area (Å²) >= 11 is 10.9. The molecule has 45 heavy (non-hydrogen) atoms. The van der Waals surface area contributed by atoms with Crippen LogP contribution >= 0.6 is 39.3 Å². The van der Waals surface area contributed by atoms with Crippen molar-refractivity contribution in [2.24, 2.45) is 0 Å². The van der Waals surface area contributed by atoms with Crippen LogP contribution in [0.4, 0.5) is 11.4 Å². The fraction of sp³-hybridized carbons (Fsp3) is 0.0278. The molecule has 5 rings (SSSR count). The summed E-state index contributed by atoms with van der Waals surface area (Å²) in [7, 11) is 0. The number of amides is 3. The molecule has 0 radical (unpaired) electrons. The van der Waals surface area contributed by atoms with Crippen LogP contribution in [0.3, 0.4) is 0 Å². The molecule has 0 spiro atoms. The number of carbonyl (C=O) groups excluding carboxylic acids is 3. The maximum Gasteiger partial charge on any atom is 0.272 e. The van der Waals surface area contributed by atoms with Crippen LogP contribution in [-0.4, -0.2) is 17.7 Å². The third-order valence-electron chi connectivity index (χ3n) is 6.55. The quantitative estimate of drug-likeness (QED) is 0.101. The van der Waals surface area contributed by atoms with Gasteiger partial charge in [0.1, 0.15) is 10.9 Å². The Morgan fingerprint density at radius 3 is 2.00 bits per heavy atom. The predicted octanol–water partition coefficient (Wildman–Crippen LogP) is 8.98. The lowest BCUT2D eigenvalue weighted by Crippen LogP contribution is -2.30. The molecule has 0 aliphatic carbocycles. The normalized spacial score (nSPS) is 11.7. The van der Waals surface area contributed by atoms with Crippen molar-refractivity contribution >= 4 is 74.5 Å². The van der Waals surface area contributed by atoms with Crippen LogP contribution in [0.25, 0.3) is 6.08 Å². The van der Waals surface area contributed by atoms with E-state index in [1.807, 2.05) is 72.8 Å². The number of nitrogens with one attached hydrogen (secondary N) is 3. The summed E-state index contributed by atoms with van der Waals surface area (Å²) in [6, 6.07) is 39.8. The number of carbonyl (C=O) groups is 3. The van der Waals surface area contributed by atoms with Crippen LogP contribution in [-0.2, 0) is 9.59 Å². The first kappa shape index (κ1) is 31.8. The summed E-state index contributed by atoms with van der Waals surface area (Å²) < 4.78 is 0.791. The van der Waals surface area contributed by atoms with Crippen LogP contribution in [0.2, 0.25) is 5.02 Å². The summed E-state index contributed by atoms with van der Waals surface area (Å²) in [5.74, 6) is -1.07. The van der Waals surface area contributed by atoms with Crippen LogP contribution in [0.15, 0.2) is 149 Å². The summed E-state index contributed by atoms with van der Waals surface area (Å²) in [6.45, 7) is 0. The van der Waals surface area contributed by atoms with E-state index in [1.165, 1.54) is 11.8 Å². The van der Waals surface area contributed by atoms with Crippen molar-refractivity contribution in [3.8, 4) is 0 Å². The molecule has 0 aliphatic rings. The first-order chi connectivity index (χ1) is 21.9. The second-order valence-corrected chi connectivity index (χ2v) is 12.3. The van der Waals surface area contributed by atoms with E-state index in [0.29, 0.717) is 27.5 Å².